The summed E-state index contributed by atoms with van der Waals surface area (Å²) in [5, 5.41) is 13.6. The molecule has 130 valence electrons. The van der Waals surface area contributed by atoms with Crippen LogP contribution in [0.3, 0.4) is 0 Å². The summed E-state index contributed by atoms with van der Waals surface area (Å²) in [5.74, 6) is 1.44. The Hall–Kier alpha value is -0.900. The van der Waals surface area contributed by atoms with Gasteiger partial charge in [-0.05, 0) is 61.9 Å². The van der Waals surface area contributed by atoms with Crippen molar-refractivity contribution in [2.45, 2.75) is 52.1 Å². The van der Waals surface area contributed by atoms with E-state index in [1.807, 2.05) is 0 Å². The molecule has 1 saturated heterocycles. The summed E-state index contributed by atoms with van der Waals surface area (Å²) >= 11 is 0. The second-order valence-electron chi connectivity index (χ2n) is 7.49. The van der Waals surface area contributed by atoms with Crippen molar-refractivity contribution >= 4 is 0 Å². The van der Waals surface area contributed by atoms with Crippen LogP contribution in [0, 0.1) is 5.92 Å². The second-order valence-corrected chi connectivity index (χ2v) is 7.49. The summed E-state index contributed by atoms with van der Waals surface area (Å²) < 4.78 is 0. The van der Waals surface area contributed by atoms with Gasteiger partial charge in [0.25, 0.3) is 0 Å². The number of likely N-dealkylation sites (tertiary alicyclic amines) is 1. The van der Waals surface area contributed by atoms with Crippen LogP contribution in [0.2, 0.25) is 0 Å². The number of β-amino-alcohol motifs (C(OH)–C–C–N with tert-alkyl or cyclic N) is 1. The normalized spacial score (nSPS) is 18.5. The fourth-order valence-electron chi connectivity index (χ4n) is 3.18. The van der Waals surface area contributed by atoms with Crippen LogP contribution in [0.5, 0.6) is 0 Å². The minimum Gasteiger partial charge on any atom is -0.390 e. The van der Waals surface area contributed by atoms with Gasteiger partial charge in [-0.15, -0.1) is 0 Å². The third kappa shape index (κ3) is 6.62. The van der Waals surface area contributed by atoms with Crippen molar-refractivity contribution in [2.75, 3.05) is 32.7 Å². The first-order chi connectivity index (χ1) is 11.0. The van der Waals surface area contributed by atoms with Crippen molar-refractivity contribution in [1.82, 2.24) is 10.2 Å². The fourth-order valence-corrected chi connectivity index (χ4v) is 3.18. The lowest BCUT2D eigenvalue weighted by Gasteiger charge is -2.31. The van der Waals surface area contributed by atoms with Crippen LogP contribution in [-0.2, 0) is 6.42 Å². The molecule has 1 aliphatic heterocycles. The van der Waals surface area contributed by atoms with E-state index in [0.717, 1.165) is 38.5 Å². The number of benzene rings is 1. The summed E-state index contributed by atoms with van der Waals surface area (Å²) in [7, 11) is 0. The lowest BCUT2D eigenvalue weighted by molar-refractivity contribution is 0.0910. The quantitative estimate of drug-likeness (QED) is 0.723. The molecule has 1 unspecified atom stereocenters. The highest BCUT2D eigenvalue weighted by molar-refractivity contribution is 5.24. The standard InChI is InChI=1S/C20H34N2O/c1-16(2)19-6-4-18(5-7-19)8-11-21-14-20(23)15-22-12-9-17(3)10-13-22/h4-7,16-17,20-21,23H,8-15H2,1-3H3. The van der Waals surface area contributed by atoms with Gasteiger partial charge in [-0.3, -0.25) is 0 Å². The van der Waals surface area contributed by atoms with Crippen LogP contribution in [0.25, 0.3) is 0 Å². The number of piperidine rings is 1. The molecule has 3 nitrogen and oxygen atoms in total. The Morgan fingerprint density at radius 3 is 2.43 bits per heavy atom. The predicted molar refractivity (Wildman–Crippen MR) is 97.9 cm³/mol. The molecule has 0 saturated carbocycles. The van der Waals surface area contributed by atoms with Gasteiger partial charge in [0, 0.05) is 13.1 Å². The van der Waals surface area contributed by atoms with E-state index >= 15 is 0 Å². The van der Waals surface area contributed by atoms with E-state index in [4.69, 9.17) is 0 Å². The van der Waals surface area contributed by atoms with Gasteiger partial charge in [-0.25, -0.2) is 0 Å². The average molecular weight is 319 g/mol. The first-order valence-electron chi connectivity index (χ1n) is 9.24. The van der Waals surface area contributed by atoms with Crippen molar-refractivity contribution in [3.63, 3.8) is 0 Å². The van der Waals surface area contributed by atoms with Crippen molar-refractivity contribution in [3.05, 3.63) is 35.4 Å². The second kappa shape index (κ2) is 9.41. The van der Waals surface area contributed by atoms with Gasteiger partial charge in [-0.1, -0.05) is 45.0 Å². The lowest BCUT2D eigenvalue weighted by atomic mass is 9.99. The molecular weight excluding hydrogens is 284 g/mol. The SMILES string of the molecule is CC1CCN(CC(O)CNCCc2ccc(C(C)C)cc2)CC1. The van der Waals surface area contributed by atoms with Gasteiger partial charge in [-0.2, -0.15) is 0 Å². The maximum Gasteiger partial charge on any atom is 0.0791 e. The molecule has 1 aromatic rings. The number of aliphatic hydroxyl groups excluding tert-OH is 1. The molecule has 23 heavy (non-hydrogen) atoms. The summed E-state index contributed by atoms with van der Waals surface area (Å²) in [6, 6.07) is 8.91. The van der Waals surface area contributed by atoms with E-state index in [0.29, 0.717) is 12.5 Å². The Labute approximate surface area is 142 Å². The molecule has 1 atom stereocenters. The van der Waals surface area contributed by atoms with E-state index in [1.54, 1.807) is 0 Å². The zero-order valence-corrected chi connectivity index (χ0v) is 15.1. The van der Waals surface area contributed by atoms with E-state index in [-0.39, 0.29) is 6.10 Å². The van der Waals surface area contributed by atoms with Gasteiger partial charge in [0.15, 0.2) is 0 Å². The number of rotatable bonds is 8. The van der Waals surface area contributed by atoms with Crippen LogP contribution in [0.4, 0.5) is 0 Å². The van der Waals surface area contributed by atoms with Gasteiger partial charge >= 0.3 is 0 Å². The lowest BCUT2D eigenvalue weighted by Crippen LogP contribution is -2.42. The highest BCUT2D eigenvalue weighted by Crippen LogP contribution is 2.16. The Balaban J connectivity index is 1.59. The average Bonchev–Trinajstić information content (AvgIpc) is 2.54. The number of aliphatic hydroxyl groups is 1. The molecule has 1 heterocycles. The molecule has 1 fully saturated rings. The van der Waals surface area contributed by atoms with E-state index in [1.165, 1.54) is 24.0 Å². The minimum atomic E-state index is -0.258. The van der Waals surface area contributed by atoms with Crippen molar-refractivity contribution in [2.24, 2.45) is 5.92 Å². The zero-order valence-electron chi connectivity index (χ0n) is 15.1. The monoisotopic (exact) mass is 318 g/mol. The fraction of sp³-hybridized carbons (Fsp3) is 0.700. The largest absolute Gasteiger partial charge is 0.390 e. The van der Waals surface area contributed by atoms with Crippen LogP contribution < -0.4 is 5.32 Å². The maximum absolute atomic E-state index is 10.2. The number of nitrogens with one attached hydrogen (secondary N) is 1. The number of nitrogens with zero attached hydrogens (tertiary/aromatic N) is 1. The van der Waals surface area contributed by atoms with Gasteiger partial charge < -0.3 is 15.3 Å². The molecule has 1 aromatic carbocycles. The molecule has 0 aliphatic carbocycles. The van der Waals surface area contributed by atoms with Crippen molar-refractivity contribution < 1.29 is 5.11 Å². The number of hydrogen-bond acceptors (Lipinski definition) is 3. The zero-order chi connectivity index (χ0) is 16.7. The Kier molecular flexibility index (Phi) is 7.54. The molecule has 0 radical (unpaired) electrons. The Morgan fingerprint density at radius 2 is 1.83 bits per heavy atom. The molecule has 3 heteroatoms. The topological polar surface area (TPSA) is 35.5 Å². The van der Waals surface area contributed by atoms with Crippen LogP contribution in [0.15, 0.2) is 24.3 Å². The van der Waals surface area contributed by atoms with Gasteiger partial charge in [0.05, 0.1) is 6.10 Å². The maximum atomic E-state index is 10.2. The van der Waals surface area contributed by atoms with Crippen LogP contribution >= 0.6 is 0 Å². The van der Waals surface area contributed by atoms with Crippen molar-refractivity contribution in [3.8, 4) is 0 Å². The molecule has 0 aromatic heterocycles. The molecular formula is C20H34N2O. The van der Waals surface area contributed by atoms with Crippen molar-refractivity contribution in [1.29, 1.82) is 0 Å². The summed E-state index contributed by atoms with van der Waals surface area (Å²) in [6.07, 6.45) is 3.30. The van der Waals surface area contributed by atoms with Crippen LogP contribution in [0.1, 0.15) is 50.7 Å². The van der Waals surface area contributed by atoms with E-state index in [9.17, 15) is 5.11 Å². The van der Waals surface area contributed by atoms with Gasteiger partial charge in [0.1, 0.15) is 0 Å². The van der Waals surface area contributed by atoms with E-state index < -0.39 is 0 Å². The van der Waals surface area contributed by atoms with Gasteiger partial charge in [0.2, 0.25) is 0 Å². The molecule has 2 rings (SSSR count). The molecule has 2 N–H and O–H groups in total. The predicted octanol–water partition coefficient (Wildman–Crippen LogP) is 3.03. The smallest absolute Gasteiger partial charge is 0.0791 e. The highest BCUT2D eigenvalue weighted by Gasteiger charge is 2.17. The van der Waals surface area contributed by atoms with Crippen LogP contribution in [-0.4, -0.2) is 48.8 Å². The van der Waals surface area contributed by atoms with E-state index in [2.05, 4.69) is 55.3 Å². The number of hydrogen-bond donors (Lipinski definition) is 2. The summed E-state index contributed by atoms with van der Waals surface area (Å²) in [5.41, 5.74) is 2.76. The third-order valence-electron chi connectivity index (χ3n) is 4.96. The Bertz CT molecular complexity index is 435. The molecule has 0 spiro atoms. The first-order valence-corrected chi connectivity index (χ1v) is 9.24. The first kappa shape index (κ1) is 18.4. The summed E-state index contributed by atoms with van der Waals surface area (Å²) in [6.45, 7) is 11.5. The third-order valence-corrected chi connectivity index (χ3v) is 4.96. The molecule has 1 aliphatic rings. The summed E-state index contributed by atoms with van der Waals surface area (Å²) in [4.78, 5) is 2.40. The minimum absolute atomic E-state index is 0.258. The molecule has 0 amide bonds. The molecule has 0 bridgehead atoms. The highest BCUT2D eigenvalue weighted by atomic mass is 16.3. The Morgan fingerprint density at radius 1 is 1.17 bits per heavy atom.